The molecule has 0 spiro atoms. The zero-order chi connectivity index (χ0) is 26.6. The quantitative estimate of drug-likeness (QED) is 0.475. The number of carbonyl (C=O) groups excluding carboxylic acids is 2. The lowest BCUT2D eigenvalue weighted by atomic mass is 9.82. The van der Waals surface area contributed by atoms with Crippen molar-refractivity contribution < 1.29 is 14.3 Å². The first-order valence-electron chi connectivity index (χ1n) is 12.5. The van der Waals surface area contributed by atoms with Gasteiger partial charge in [-0.15, -0.1) is 0 Å². The van der Waals surface area contributed by atoms with Crippen LogP contribution in [0.2, 0.25) is 0 Å². The number of benzene rings is 1. The van der Waals surface area contributed by atoms with E-state index in [9.17, 15) is 9.59 Å². The molecule has 0 aliphatic carbocycles. The van der Waals surface area contributed by atoms with E-state index in [1.54, 1.807) is 30.4 Å². The molecule has 2 aromatic heterocycles. The summed E-state index contributed by atoms with van der Waals surface area (Å²) in [5.41, 5.74) is 6.93. The number of hydrogen-bond acceptors (Lipinski definition) is 7. The lowest BCUT2D eigenvalue weighted by Gasteiger charge is -2.51. The van der Waals surface area contributed by atoms with Gasteiger partial charge >= 0.3 is 0 Å². The Hall–Kier alpha value is -3.95. The van der Waals surface area contributed by atoms with Crippen molar-refractivity contribution in [3.8, 4) is 11.7 Å². The van der Waals surface area contributed by atoms with Gasteiger partial charge in [-0.05, 0) is 37.5 Å². The van der Waals surface area contributed by atoms with Gasteiger partial charge in [0.1, 0.15) is 17.9 Å². The van der Waals surface area contributed by atoms with Crippen molar-refractivity contribution in [1.82, 2.24) is 24.4 Å². The van der Waals surface area contributed by atoms with E-state index < -0.39 is 11.4 Å². The molecule has 1 atom stereocenters. The maximum Gasteiger partial charge on any atom is 0.237 e. The van der Waals surface area contributed by atoms with E-state index in [2.05, 4.69) is 14.9 Å². The SMILES string of the molecule is COc1ccc(CCC2(CC(N)=O)CN(c3cc(C)nc(-n4ccnc4)n3)CCN2C(=O)C(C)C)cc1. The van der Waals surface area contributed by atoms with Crippen molar-refractivity contribution in [2.75, 3.05) is 31.6 Å². The van der Waals surface area contributed by atoms with E-state index in [1.165, 1.54) is 0 Å². The molecular weight excluding hydrogens is 470 g/mol. The van der Waals surface area contributed by atoms with Crippen LogP contribution in [-0.4, -0.2) is 68.5 Å². The third kappa shape index (κ3) is 5.90. The molecule has 3 heterocycles. The fourth-order valence-corrected chi connectivity index (χ4v) is 4.97. The van der Waals surface area contributed by atoms with Crippen LogP contribution >= 0.6 is 0 Å². The van der Waals surface area contributed by atoms with E-state index >= 15 is 0 Å². The number of piperazine rings is 1. The molecule has 2 amide bonds. The summed E-state index contributed by atoms with van der Waals surface area (Å²) >= 11 is 0. The van der Waals surface area contributed by atoms with Gasteiger partial charge in [-0.2, -0.15) is 4.98 Å². The molecule has 0 radical (unpaired) electrons. The average molecular weight is 506 g/mol. The lowest BCUT2D eigenvalue weighted by molar-refractivity contribution is -0.144. The molecule has 37 heavy (non-hydrogen) atoms. The standard InChI is InChI=1S/C27H35N7O3/c1-19(2)25(36)34-14-13-32(24-15-20(3)30-26(31-24)33-12-11-29-18-33)17-27(34,16-23(28)35)10-9-21-5-7-22(37-4)8-6-21/h5-8,11-12,15,18-19H,9-10,13-14,16-17H2,1-4H3,(H2,28,35). The first kappa shape index (κ1) is 26.1. The number of imidazole rings is 1. The zero-order valence-electron chi connectivity index (χ0n) is 21.9. The zero-order valence-corrected chi connectivity index (χ0v) is 21.9. The summed E-state index contributed by atoms with van der Waals surface area (Å²) < 4.78 is 7.04. The number of methoxy groups -OCH3 is 1. The average Bonchev–Trinajstić information content (AvgIpc) is 3.42. The number of carbonyl (C=O) groups is 2. The van der Waals surface area contributed by atoms with Crippen molar-refractivity contribution in [3.05, 3.63) is 60.3 Å². The molecule has 1 fully saturated rings. The molecule has 196 valence electrons. The normalized spacial score (nSPS) is 17.8. The molecule has 1 aromatic carbocycles. The third-order valence-electron chi connectivity index (χ3n) is 6.84. The number of hydrogen-bond donors (Lipinski definition) is 1. The fourth-order valence-electron chi connectivity index (χ4n) is 4.97. The number of primary amides is 1. The maximum atomic E-state index is 13.4. The van der Waals surface area contributed by atoms with Gasteiger partial charge in [-0.3, -0.25) is 14.2 Å². The van der Waals surface area contributed by atoms with E-state index in [1.807, 2.05) is 56.0 Å². The van der Waals surface area contributed by atoms with Crippen molar-refractivity contribution in [2.24, 2.45) is 11.7 Å². The van der Waals surface area contributed by atoms with Gasteiger partial charge in [0.05, 0.1) is 19.1 Å². The Labute approximate surface area is 217 Å². The van der Waals surface area contributed by atoms with Crippen LogP contribution in [0.5, 0.6) is 5.75 Å². The Morgan fingerprint density at radius 1 is 1.16 bits per heavy atom. The first-order valence-corrected chi connectivity index (χ1v) is 12.5. The van der Waals surface area contributed by atoms with Crippen LogP contribution in [0, 0.1) is 12.8 Å². The van der Waals surface area contributed by atoms with Crippen LogP contribution in [0.1, 0.15) is 37.9 Å². The molecule has 0 bridgehead atoms. The van der Waals surface area contributed by atoms with Gasteiger partial charge in [0.2, 0.25) is 17.8 Å². The summed E-state index contributed by atoms with van der Waals surface area (Å²) in [5.74, 6) is 1.43. The summed E-state index contributed by atoms with van der Waals surface area (Å²) in [6.45, 7) is 7.18. The van der Waals surface area contributed by atoms with Crippen LogP contribution in [0.15, 0.2) is 49.1 Å². The number of aromatic nitrogens is 4. The predicted octanol–water partition coefficient (Wildman–Crippen LogP) is 2.53. The minimum absolute atomic E-state index is 0.0219. The van der Waals surface area contributed by atoms with Gasteiger partial charge in [0.25, 0.3) is 0 Å². The van der Waals surface area contributed by atoms with Gasteiger partial charge < -0.3 is 20.3 Å². The Morgan fingerprint density at radius 3 is 2.54 bits per heavy atom. The molecule has 10 heteroatoms. The number of ether oxygens (including phenoxy) is 1. The van der Waals surface area contributed by atoms with Crippen LogP contribution < -0.4 is 15.4 Å². The smallest absolute Gasteiger partial charge is 0.237 e. The molecule has 1 aliphatic rings. The summed E-state index contributed by atoms with van der Waals surface area (Å²) in [5, 5.41) is 0. The molecule has 1 saturated heterocycles. The Bertz CT molecular complexity index is 1230. The summed E-state index contributed by atoms with van der Waals surface area (Å²) in [4.78, 5) is 43.3. The van der Waals surface area contributed by atoms with Crippen molar-refractivity contribution in [1.29, 1.82) is 0 Å². The van der Waals surface area contributed by atoms with Crippen LogP contribution in [0.25, 0.3) is 5.95 Å². The summed E-state index contributed by atoms with van der Waals surface area (Å²) in [6, 6.07) is 9.79. The molecule has 1 unspecified atom stereocenters. The largest absolute Gasteiger partial charge is 0.497 e. The van der Waals surface area contributed by atoms with Gasteiger partial charge in [0.15, 0.2) is 0 Å². The number of rotatable bonds is 9. The Kier molecular flexibility index (Phi) is 7.75. The maximum absolute atomic E-state index is 13.4. The topological polar surface area (TPSA) is 119 Å². The van der Waals surface area contributed by atoms with Crippen LogP contribution in [0.4, 0.5) is 5.82 Å². The molecule has 3 aromatic rings. The second-order valence-electron chi connectivity index (χ2n) is 9.92. The molecule has 0 saturated carbocycles. The minimum atomic E-state index is -0.778. The van der Waals surface area contributed by atoms with E-state index in [0.29, 0.717) is 38.4 Å². The van der Waals surface area contributed by atoms with Gasteiger partial charge in [-0.1, -0.05) is 26.0 Å². The summed E-state index contributed by atoms with van der Waals surface area (Å²) in [6.07, 6.45) is 6.45. The Morgan fingerprint density at radius 2 is 1.92 bits per heavy atom. The van der Waals surface area contributed by atoms with Crippen molar-refractivity contribution >= 4 is 17.6 Å². The predicted molar refractivity (Wildman–Crippen MR) is 141 cm³/mol. The second-order valence-corrected chi connectivity index (χ2v) is 9.92. The third-order valence-corrected chi connectivity index (χ3v) is 6.84. The van der Waals surface area contributed by atoms with Crippen molar-refractivity contribution in [3.63, 3.8) is 0 Å². The van der Waals surface area contributed by atoms with E-state index in [4.69, 9.17) is 15.5 Å². The van der Waals surface area contributed by atoms with Crippen molar-refractivity contribution in [2.45, 2.75) is 45.6 Å². The summed E-state index contributed by atoms with van der Waals surface area (Å²) in [7, 11) is 1.63. The monoisotopic (exact) mass is 505 g/mol. The van der Waals surface area contributed by atoms with Gasteiger partial charge in [-0.25, -0.2) is 9.97 Å². The fraction of sp³-hybridized carbons (Fsp3) is 0.444. The molecule has 2 N–H and O–H groups in total. The lowest BCUT2D eigenvalue weighted by Crippen LogP contribution is -2.66. The van der Waals surface area contributed by atoms with Crippen LogP contribution in [0.3, 0.4) is 0 Å². The number of nitrogens with zero attached hydrogens (tertiary/aromatic N) is 6. The minimum Gasteiger partial charge on any atom is -0.497 e. The van der Waals surface area contributed by atoms with E-state index in [0.717, 1.165) is 22.8 Å². The second kappa shape index (κ2) is 11.0. The highest BCUT2D eigenvalue weighted by atomic mass is 16.5. The number of aryl methyl sites for hydroxylation is 2. The van der Waals surface area contributed by atoms with Crippen LogP contribution in [-0.2, 0) is 16.0 Å². The highest BCUT2D eigenvalue weighted by Gasteiger charge is 2.45. The highest BCUT2D eigenvalue weighted by Crippen LogP contribution is 2.34. The molecule has 1 aliphatic heterocycles. The number of anilines is 1. The van der Waals surface area contributed by atoms with Gasteiger partial charge in [0, 0.05) is 49.7 Å². The first-order chi connectivity index (χ1) is 17.7. The Balaban J connectivity index is 1.69. The number of amides is 2. The van der Waals surface area contributed by atoms with E-state index in [-0.39, 0.29) is 18.2 Å². The highest BCUT2D eigenvalue weighted by molar-refractivity contribution is 5.82. The number of nitrogens with two attached hydrogens (primary N) is 1. The molecular formula is C27H35N7O3. The molecule has 4 rings (SSSR count). The molecule has 10 nitrogen and oxygen atoms in total.